The SMILES string of the molecule is CCC(C)c1ccc(OC)nn1. The van der Waals surface area contributed by atoms with E-state index in [2.05, 4.69) is 24.0 Å². The molecule has 0 bridgehead atoms. The van der Waals surface area contributed by atoms with Gasteiger partial charge in [-0.2, -0.15) is 5.10 Å². The molecule has 1 atom stereocenters. The molecule has 0 aromatic carbocycles. The lowest BCUT2D eigenvalue weighted by Gasteiger charge is -2.06. The smallest absolute Gasteiger partial charge is 0.233 e. The molecule has 1 heterocycles. The van der Waals surface area contributed by atoms with Crippen LogP contribution < -0.4 is 4.74 Å². The second-order valence-corrected chi connectivity index (χ2v) is 2.81. The molecule has 1 unspecified atom stereocenters. The summed E-state index contributed by atoms with van der Waals surface area (Å²) in [7, 11) is 1.59. The van der Waals surface area contributed by atoms with Crippen LogP contribution in [0.15, 0.2) is 12.1 Å². The molecule has 3 heteroatoms. The molecule has 0 saturated carbocycles. The maximum Gasteiger partial charge on any atom is 0.233 e. The fourth-order valence-corrected chi connectivity index (χ4v) is 0.911. The maximum atomic E-state index is 4.91. The topological polar surface area (TPSA) is 35.0 Å². The molecule has 0 radical (unpaired) electrons. The molecule has 0 amide bonds. The first-order valence-electron chi connectivity index (χ1n) is 4.15. The van der Waals surface area contributed by atoms with Crippen LogP contribution in [0, 0.1) is 0 Å². The van der Waals surface area contributed by atoms with Gasteiger partial charge in [0.05, 0.1) is 12.8 Å². The van der Waals surface area contributed by atoms with Crippen LogP contribution in [0.1, 0.15) is 31.9 Å². The molecule has 0 saturated heterocycles. The Morgan fingerprint density at radius 3 is 2.58 bits per heavy atom. The van der Waals surface area contributed by atoms with Crippen LogP contribution in [0.3, 0.4) is 0 Å². The predicted molar refractivity (Wildman–Crippen MR) is 47.3 cm³/mol. The molecule has 0 N–H and O–H groups in total. The summed E-state index contributed by atoms with van der Waals surface area (Å²) in [5.41, 5.74) is 1.03. The average molecular weight is 166 g/mol. The molecule has 1 aromatic rings. The lowest BCUT2D eigenvalue weighted by molar-refractivity contribution is 0.390. The number of methoxy groups -OCH3 is 1. The zero-order valence-corrected chi connectivity index (χ0v) is 7.74. The van der Waals surface area contributed by atoms with E-state index in [9.17, 15) is 0 Å². The van der Waals surface area contributed by atoms with Crippen molar-refractivity contribution in [1.29, 1.82) is 0 Å². The van der Waals surface area contributed by atoms with E-state index in [0.717, 1.165) is 12.1 Å². The highest BCUT2D eigenvalue weighted by Crippen LogP contribution is 2.16. The largest absolute Gasteiger partial charge is 0.480 e. The van der Waals surface area contributed by atoms with Gasteiger partial charge >= 0.3 is 0 Å². The Bertz CT molecular complexity index is 233. The van der Waals surface area contributed by atoms with Crippen molar-refractivity contribution in [2.75, 3.05) is 7.11 Å². The quantitative estimate of drug-likeness (QED) is 0.688. The summed E-state index contributed by atoms with van der Waals surface area (Å²) in [6.07, 6.45) is 1.08. The van der Waals surface area contributed by atoms with Gasteiger partial charge in [0.15, 0.2) is 0 Å². The van der Waals surface area contributed by atoms with Crippen LogP contribution in [0.25, 0.3) is 0 Å². The van der Waals surface area contributed by atoms with Gasteiger partial charge in [-0.1, -0.05) is 13.8 Å². The van der Waals surface area contributed by atoms with E-state index in [1.165, 1.54) is 0 Å². The minimum atomic E-state index is 0.475. The van der Waals surface area contributed by atoms with Crippen molar-refractivity contribution in [1.82, 2.24) is 10.2 Å². The van der Waals surface area contributed by atoms with E-state index in [0.29, 0.717) is 11.8 Å². The number of aromatic nitrogens is 2. The van der Waals surface area contributed by atoms with Gasteiger partial charge in [-0.25, -0.2) is 0 Å². The monoisotopic (exact) mass is 166 g/mol. The average Bonchev–Trinajstić information content (AvgIpc) is 2.17. The van der Waals surface area contributed by atoms with E-state index in [1.54, 1.807) is 7.11 Å². The Morgan fingerprint density at radius 2 is 2.17 bits per heavy atom. The third kappa shape index (κ3) is 1.94. The molecule has 1 aromatic heterocycles. The number of nitrogens with zero attached hydrogens (tertiary/aromatic N) is 2. The van der Waals surface area contributed by atoms with Crippen molar-refractivity contribution in [3.8, 4) is 5.88 Å². The van der Waals surface area contributed by atoms with E-state index < -0.39 is 0 Å². The summed E-state index contributed by atoms with van der Waals surface area (Å²) in [6, 6.07) is 3.80. The van der Waals surface area contributed by atoms with Crippen LogP contribution in [0.2, 0.25) is 0 Å². The van der Waals surface area contributed by atoms with Crippen molar-refractivity contribution in [3.05, 3.63) is 17.8 Å². The van der Waals surface area contributed by atoms with E-state index in [4.69, 9.17) is 4.74 Å². The zero-order chi connectivity index (χ0) is 8.97. The van der Waals surface area contributed by atoms with Gasteiger partial charge in [0.25, 0.3) is 0 Å². The van der Waals surface area contributed by atoms with E-state index in [1.807, 2.05) is 12.1 Å². The third-order valence-electron chi connectivity index (χ3n) is 1.99. The first kappa shape index (κ1) is 8.97. The fraction of sp³-hybridized carbons (Fsp3) is 0.556. The molecule has 1 rings (SSSR count). The van der Waals surface area contributed by atoms with Gasteiger partial charge in [0.1, 0.15) is 0 Å². The van der Waals surface area contributed by atoms with Crippen molar-refractivity contribution in [3.63, 3.8) is 0 Å². The van der Waals surface area contributed by atoms with Gasteiger partial charge in [-0.15, -0.1) is 5.10 Å². The van der Waals surface area contributed by atoms with Gasteiger partial charge in [0, 0.05) is 6.07 Å². The maximum absolute atomic E-state index is 4.91. The lowest BCUT2D eigenvalue weighted by atomic mass is 10.1. The minimum Gasteiger partial charge on any atom is -0.480 e. The fourth-order valence-electron chi connectivity index (χ4n) is 0.911. The molecule has 3 nitrogen and oxygen atoms in total. The molecule has 0 aliphatic rings. The minimum absolute atomic E-state index is 0.475. The third-order valence-corrected chi connectivity index (χ3v) is 1.99. The first-order chi connectivity index (χ1) is 5.77. The number of hydrogen-bond acceptors (Lipinski definition) is 3. The van der Waals surface area contributed by atoms with Gasteiger partial charge < -0.3 is 4.74 Å². The van der Waals surface area contributed by atoms with Gasteiger partial charge in [0.2, 0.25) is 5.88 Å². The lowest BCUT2D eigenvalue weighted by Crippen LogP contribution is -1.98. The second-order valence-electron chi connectivity index (χ2n) is 2.81. The van der Waals surface area contributed by atoms with Crippen molar-refractivity contribution >= 4 is 0 Å². The number of rotatable bonds is 3. The highest BCUT2D eigenvalue weighted by atomic mass is 16.5. The summed E-state index contributed by atoms with van der Waals surface area (Å²) in [4.78, 5) is 0. The Kier molecular flexibility index (Phi) is 3.02. The van der Waals surface area contributed by atoms with Crippen LogP contribution >= 0.6 is 0 Å². The van der Waals surface area contributed by atoms with Crippen molar-refractivity contribution in [2.45, 2.75) is 26.2 Å². The Morgan fingerprint density at radius 1 is 1.42 bits per heavy atom. The summed E-state index contributed by atoms with van der Waals surface area (Å²) >= 11 is 0. The molecular weight excluding hydrogens is 152 g/mol. The summed E-state index contributed by atoms with van der Waals surface area (Å²) < 4.78 is 4.91. The Hall–Kier alpha value is -1.12. The summed E-state index contributed by atoms with van der Waals surface area (Å²) in [5, 5.41) is 7.94. The van der Waals surface area contributed by atoms with Crippen molar-refractivity contribution < 1.29 is 4.74 Å². The molecule has 12 heavy (non-hydrogen) atoms. The first-order valence-corrected chi connectivity index (χ1v) is 4.15. The molecular formula is C9H14N2O. The number of ether oxygens (including phenoxy) is 1. The van der Waals surface area contributed by atoms with Crippen LogP contribution in [0.5, 0.6) is 5.88 Å². The van der Waals surface area contributed by atoms with Crippen LogP contribution in [0.4, 0.5) is 0 Å². The number of hydrogen-bond donors (Lipinski definition) is 0. The highest BCUT2D eigenvalue weighted by molar-refractivity contribution is 5.13. The standard InChI is InChI=1S/C9H14N2O/c1-4-7(2)8-5-6-9(12-3)11-10-8/h5-7H,4H2,1-3H3. The molecule has 0 fully saturated rings. The summed E-state index contributed by atoms with van der Waals surface area (Å²) in [5.74, 6) is 1.05. The van der Waals surface area contributed by atoms with E-state index in [-0.39, 0.29) is 0 Å². The molecule has 0 spiro atoms. The van der Waals surface area contributed by atoms with Crippen LogP contribution in [-0.4, -0.2) is 17.3 Å². The Balaban J connectivity index is 2.77. The van der Waals surface area contributed by atoms with Crippen molar-refractivity contribution in [2.24, 2.45) is 0 Å². The normalized spacial score (nSPS) is 12.6. The predicted octanol–water partition coefficient (Wildman–Crippen LogP) is 2.00. The molecule has 0 aliphatic carbocycles. The van der Waals surface area contributed by atoms with Gasteiger partial charge in [-0.3, -0.25) is 0 Å². The highest BCUT2D eigenvalue weighted by Gasteiger charge is 2.04. The van der Waals surface area contributed by atoms with Gasteiger partial charge in [-0.05, 0) is 18.4 Å². The summed E-state index contributed by atoms with van der Waals surface area (Å²) in [6.45, 7) is 4.27. The molecule has 0 aliphatic heterocycles. The zero-order valence-electron chi connectivity index (χ0n) is 7.74. The molecule has 66 valence electrons. The van der Waals surface area contributed by atoms with E-state index >= 15 is 0 Å². The second kappa shape index (κ2) is 4.04. The Labute approximate surface area is 72.8 Å². The van der Waals surface area contributed by atoms with Crippen LogP contribution in [-0.2, 0) is 0 Å².